The highest BCUT2D eigenvalue weighted by molar-refractivity contribution is 7.99. The number of rotatable bonds is 5. The zero-order valence-corrected chi connectivity index (χ0v) is 11.7. The van der Waals surface area contributed by atoms with Crippen LogP contribution in [0.2, 0.25) is 0 Å². The zero-order chi connectivity index (χ0) is 13.1. The van der Waals surface area contributed by atoms with Crippen molar-refractivity contribution in [1.29, 1.82) is 0 Å². The predicted molar refractivity (Wildman–Crippen MR) is 73.7 cm³/mol. The largest absolute Gasteiger partial charge is 0.469 e. The third-order valence-electron chi connectivity index (χ3n) is 2.47. The van der Waals surface area contributed by atoms with Gasteiger partial charge in [0.05, 0.1) is 11.8 Å². The standard InChI is InChI=1S/C13H17N3OS/c1-5-7-16-12(11-6-8-17-10(11)4)14-15-13(16)18-9(2)3/h5-6,8-9H,1,7H2,2-4H3. The molecule has 0 spiro atoms. The Hall–Kier alpha value is -1.49. The van der Waals surface area contributed by atoms with E-state index in [-0.39, 0.29) is 0 Å². The van der Waals surface area contributed by atoms with Crippen LogP contribution in [0.15, 0.2) is 34.6 Å². The van der Waals surface area contributed by atoms with Crippen LogP contribution in [-0.2, 0) is 6.54 Å². The maximum atomic E-state index is 5.33. The second kappa shape index (κ2) is 5.44. The molecule has 0 aliphatic heterocycles. The van der Waals surface area contributed by atoms with Crippen molar-refractivity contribution in [2.45, 2.75) is 37.7 Å². The first kappa shape index (κ1) is 13.0. The number of hydrogen-bond donors (Lipinski definition) is 0. The molecule has 0 radical (unpaired) electrons. The lowest BCUT2D eigenvalue weighted by Crippen LogP contribution is -2.02. The van der Waals surface area contributed by atoms with E-state index in [4.69, 9.17) is 4.42 Å². The zero-order valence-electron chi connectivity index (χ0n) is 10.9. The lowest BCUT2D eigenvalue weighted by molar-refractivity contribution is 0.534. The van der Waals surface area contributed by atoms with E-state index in [1.807, 2.05) is 19.1 Å². The molecule has 0 fully saturated rings. The van der Waals surface area contributed by atoms with Gasteiger partial charge in [-0.25, -0.2) is 0 Å². The van der Waals surface area contributed by atoms with Gasteiger partial charge >= 0.3 is 0 Å². The smallest absolute Gasteiger partial charge is 0.192 e. The van der Waals surface area contributed by atoms with Crippen molar-refractivity contribution in [3.05, 3.63) is 30.7 Å². The highest BCUT2D eigenvalue weighted by atomic mass is 32.2. The molecule has 0 unspecified atom stereocenters. The SMILES string of the molecule is C=CCn1c(SC(C)C)nnc1-c1ccoc1C. The second-order valence-corrected chi connectivity index (χ2v) is 5.81. The first-order valence-electron chi connectivity index (χ1n) is 5.88. The molecule has 2 rings (SSSR count). The van der Waals surface area contributed by atoms with Gasteiger partial charge in [-0.05, 0) is 13.0 Å². The molecule has 0 saturated heterocycles. The summed E-state index contributed by atoms with van der Waals surface area (Å²) in [5.41, 5.74) is 0.986. The minimum atomic E-state index is 0.469. The number of aryl methyl sites for hydroxylation is 1. The van der Waals surface area contributed by atoms with Crippen molar-refractivity contribution in [2.24, 2.45) is 0 Å². The molecule has 2 heterocycles. The molecule has 0 aliphatic carbocycles. The van der Waals surface area contributed by atoms with Crippen LogP contribution < -0.4 is 0 Å². The van der Waals surface area contributed by atoms with Crippen molar-refractivity contribution >= 4 is 11.8 Å². The molecule has 0 saturated carbocycles. The summed E-state index contributed by atoms with van der Waals surface area (Å²) in [4.78, 5) is 0. The van der Waals surface area contributed by atoms with Crippen LogP contribution in [0.4, 0.5) is 0 Å². The van der Waals surface area contributed by atoms with Gasteiger partial charge in [0.2, 0.25) is 0 Å². The second-order valence-electron chi connectivity index (χ2n) is 4.26. The molecule has 2 aromatic heterocycles. The highest BCUT2D eigenvalue weighted by Crippen LogP contribution is 2.28. The van der Waals surface area contributed by atoms with Crippen LogP contribution in [0.3, 0.4) is 0 Å². The third-order valence-corrected chi connectivity index (χ3v) is 3.45. The molecule has 0 bridgehead atoms. The Bertz CT molecular complexity index is 542. The third kappa shape index (κ3) is 2.51. The fourth-order valence-electron chi connectivity index (χ4n) is 1.70. The molecule has 96 valence electrons. The molecule has 0 aromatic carbocycles. The van der Waals surface area contributed by atoms with E-state index in [1.165, 1.54) is 0 Å². The molecule has 4 nitrogen and oxygen atoms in total. The summed E-state index contributed by atoms with van der Waals surface area (Å²) in [6.45, 7) is 10.7. The summed E-state index contributed by atoms with van der Waals surface area (Å²) in [6, 6.07) is 1.92. The Morgan fingerprint density at radius 1 is 1.50 bits per heavy atom. The number of thioether (sulfide) groups is 1. The van der Waals surface area contributed by atoms with Gasteiger partial charge in [0.25, 0.3) is 0 Å². The number of furan rings is 1. The van der Waals surface area contributed by atoms with E-state index in [0.29, 0.717) is 11.8 Å². The van der Waals surface area contributed by atoms with Gasteiger partial charge < -0.3 is 4.42 Å². The van der Waals surface area contributed by atoms with Gasteiger partial charge in [-0.3, -0.25) is 4.57 Å². The Morgan fingerprint density at radius 3 is 2.83 bits per heavy atom. The molecule has 0 aliphatic rings. The van der Waals surface area contributed by atoms with E-state index in [9.17, 15) is 0 Å². The van der Waals surface area contributed by atoms with Crippen molar-refractivity contribution < 1.29 is 4.42 Å². The van der Waals surface area contributed by atoms with Crippen LogP contribution in [-0.4, -0.2) is 20.0 Å². The van der Waals surface area contributed by atoms with Crippen LogP contribution in [0.1, 0.15) is 19.6 Å². The Balaban J connectivity index is 2.45. The monoisotopic (exact) mass is 263 g/mol. The summed E-state index contributed by atoms with van der Waals surface area (Å²) in [5, 5.41) is 9.92. The van der Waals surface area contributed by atoms with E-state index in [2.05, 4.69) is 35.2 Å². The van der Waals surface area contributed by atoms with E-state index < -0.39 is 0 Å². The first-order chi connectivity index (χ1) is 8.63. The quantitative estimate of drug-likeness (QED) is 0.611. The van der Waals surface area contributed by atoms with Crippen LogP contribution >= 0.6 is 11.8 Å². The molecule has 0 atom stereocenters. The molecule has 0 N–H and O–H groups in total. The van der Waals surface area contributed by atoms with Crippen LogP contribution in [0.5, 0.6) is 0 Å². The van der Waals surface area contributed by atoms with E-state index in [0.717, 1.165) is 22.3 Å². The maximum Gasteiger partial charge on any atom is 0.192 e. The van der Waals surface area contributed by atoms with Crippen molar-refractivity contribution in [1.82, 2.24) is 14.8 Å². The topological polar surface area (TPSA) is 43.9 Å². The highest BCUT2D eigenvalue weighted by Gasteiger charge is 2.17. The number of nitrogens with zero attached hydrogens (tertiary/aromatic N) is 3. The predicted octanol–water partition coefficient (Wildman–Crippen LogP) is 3.53. The van der Waals surface area contributed by atoms with Crippen LogP contribution in [0.25, 0.3) is 11.4 Å². The van der Waals surface area contributed by atoms with Crippen molar-refractivity contribution in [2.75, 3.05) is 0 Å². The Labute approximate surface area is 111 Å². The fourth-order valence-corrected chi connectivity index (χ4v) is 2.49. The molecule has 0 amide bonds. The summed E-state index contributed by atoms with van der Waals surface area (Å²) >= 11 is 1.70. The lowest BCUT2D eigenvalue weighted by Gasteiger charge is -2.08. The van der Waals surface area contributed by atoms with Crippen LogP contribution in [0, 0.1) is 6.92 Å². The van der Waals surface area contributed by atoms with E-state index in [1.54, 1.807) is 18.0 Å². The fraction of sp³-hybridized carbons (Fsp3) is 0.385. The summed E-state index contributed by atoms with van der Waals surface area (Å²) in [6.07, 6.45) is 3.53. The number of allylic oxidation sites excluding steroid dienone is 1. The minimum Gasteiger partial charge on any atom is -0.469 e. The molecule has 18 heavy (non-hydrogen) atoms. The molecule has 2 aromatic rings. The van der Waals surface area contributed by atoms with Crippen molar-refractivity contribution in [3.8, 4) is 11.4 Å². The molecule has 5 heteroatoms. The van der Waals surface area contributed by atoms with Gasteiger partial charge in [0.15, 0.2) is 11.0 Å². The normalized spacial score (nSPS) is 11.1. The average molecular weight is 263 g/mol. The van der Waals surface area contributed by atoms with Gasteiger partial charge in [-0.1, -0.05) is 31.7 Å². The molecular weight excluding hydrogens is 246 g/mol. The van der Waals surface area contributed by atoms with E-state index >= 15 is 0 Å². The Morgan fingerprint density at radius 2 is 2.28 bits per heavy atom. The Kier molecular flexibility index (Phi) is 3.91. The van der Waals surface area contributed by atoms with Crippen molar-refractivity contribution in [3.63, 3.8) is 0 Å². The lowest BCUT2D eigenvalue weighted by atomic mass is 10.2. The van der Waals surface area contributed by atoms with Gasteiger partial charge in [0.1, 0.15) is 5.76 Å². The van der Waals surface area contributed by atoms with Gasteiger partial charge in [0, 0.05) is 11.8 Å². The molecular formula is C13H17N3OS. The average Bonchev–Trinajstić information content (AvgIpc) is 2.86. The first-order valence-corrected chi connectivity index (χ1v) is 6.76. The number of hydrogen-bond acceptors (Lipinski definition) is 4. The number of aromatic nitrogens is 3. The van der Waals surface area contributed by atoms with Gasteiger partial charge in [-0.15, -0.1) is 16.8 Å². The minimum absolute atomic E-state index is 0.469. The summed E-state index contributed by atoms with van der Waals surface area (Å²) in [7, 11) is 0. The maximum absolute atomic E-state index is 5.33. The summed E-state index contributed by atoms with van der Waals surface area (Å²) < 4.78 is 7.39. The van der Waals surface area contributed by atoms with Gasteiger partial charge in [-0.2, -0.15) is 0 Å². The summed E-state index contributed by atoms with van der Waals surface area (Å²) in [5.74, 6) is 1.69.